The van der Waals surface area contributed by atoms with Crippen LogP contribution in [0.25, 0.3) is 5.52 Å². The van der Waals surface area contributed by atoms with E-state index in [0.717, 1.165) is 23.7 Å². The topological polar surface area (TPSA) is 249 Å². The van der Waals surface area contributed by atoms with Crippen LogP contribution in [0.5, 0.6) is 5.75 Å². The molecule has 1 aliphatic rings. The van der Waals surface area contributed by atoms with Crippen molar-refractivity contribution in [1.29, 1.82) is 5.41 Å². The minimum absolute atomic E-state index is 0.134. The van der Waals surface area contributed by atoms with E-state index in [1.54, 1.807) is 18.2 Å². The Morgan fingerprint density at radius 1 is 1.16 bits per heavy atom. The number of rotatable bonds is 17. The number of hydrogen-bond donors (Lipinski definition) is 6. The number of aliphatic imine (C=N–C) groups is 1. The van der Waals surface area contributed by atoms with Crippen LogP contribution in [0.2, 0.25) is 0 Å². The predicted octanol–water partition coefficient (Wildman–Crippen LogP) is 1.86. The summed E-state index contributed by atoms with van der Waals surface area (Å²) in [5.74, 6) is -0.340. The van der Waals surface area contributed by atoms with Gasteiger partial charge in [0.25, 0.3) is 0 Å². The van der Waals surface area contributed by atoms with Gasteiger partial charge in [0, 0.05) is 13.3 Å². The van der Waals surface area contributed by atoms with Crippen molar-refractivity contribution in [3.05, 3.63) is 60.0 Å². The van der Waals surface area contributed by atoms with E-state index in [1.165, 1.54) is 49.0 Å². The van der Waals surface area contributed by atoms with Crippen LogP contribution in [0, 0.1) is 11.3 Å². The molecule has 6 N–H and O–H groups in total. The van der Waals surface area contributed by atoms with Crippen molar-refractivity contribution >= 4 is 33.3 Å². The van der Waals surface area contributed by atoms with Gasteiger partial charge in [-0.2, -0.15) is 10.2 Å². The molecule has 1 saturated heterocycles. The third-order valence-corrected chi connectivity index (χ3v) is 10.1. The first kappa shape index (κ1) is 38.5. The van der Waals surface area contributed by atoms with Crippen molar-refractivity contribution in [2.24, 2.45) is 10.9 Å². The zero-order valence-corrected chi connectivity index (χ0v) is 29.1. The molecular formula is C29H42N6O12P2. The molecule has 1 aromatic carbocycles. The lowest BCUT2D eigenvalue weighted by molar-refractivity contribution is -0.146. The molecule has 0 radical (unpaired) electrons. The molecule has 0 spiro atoms. The van der Waals surface area contributed by atoms with Gasteiger partial charge in [0.2, 0.25) is 0 Å². The molecule has 1 unspecified atom stereocenters. The van der Waals surface area contributed by atoms with Gasteiger partial charge in [0.05, 0.1) is 18.9 Å². The van der Waals surface area contributed by atoms with E-state index in [0.29, 0.717) is 0 Å². The fourth-order valence-electron chi connectivity index (χ4n) is 5.16. The lowest BCUT2D eigenvalue weighted by atomic mass is 9.92. The van der Waals surface area contributed by atoms with Crippen LogP contribution >= 0.6 is 15.6 Å². The van der Waals surface area contributed by atoms with Gasteiger partial charge in [-0.05, 0) is 37.1 Å². The van der Waals surface area contributed by atoms with Crippen LogP contribution in [0.15, 0.2) is 53.8 Å². The van der Waals surface area contributed by atoms with Crippen LogP contribution in [-0.4, -0.2) is 91.0 Å². The monoisotopic (exact) mass is 728 g/mol. The molecule has 4 rings (SSSR count). The predicted molar refractivity (Wildman–Crippen MR) is 173 cm³/mol. The number of phosphoric ester groups is 1. The molecule has 6 atom stereocenters. The number of nitrogens with zero attached hydrogens (tertiary/aromatic N) is 4. The molecule has 0 bridgehead atoms. The first-order valence-corrected chi connectivity index (χ1v) is 18.5. The Hall–Kier alpha value is -3.28. The Morgan fingerprint density at radius 3 is 2.49 bits per heavy atom. The zero-order chi connectivity index (χ0) is 36.0. The van der Waals surface area contributed by atoms with Gasteiger partial charge in [-0.15, -0.1) is 0 Å². The van der Waals surface area contributed by atoms with Crippen LogP contribution in [0.4, 0.5) is 0 Å². The summed E-state index contributed by atoms with van der Waals surface area (Å²) >= 11 is 0. The summed E-state index contributed by atoms with van der Waals surface area (Å²) in [6.07, 6.45) is -0.672. The van der Waals surface area contributed by atoms with Gasteiger partial charge in [0.15, 0.2) is 11.1 Å². The summed E-state index contributed by atoms with van der Waals surface area (Å²) in [6.45, 7) is 4.35. The van der Waals surface area contributed by atoms with Gasteiger partial charge in [-0.3, -0.25) is 28.8 Å². The molecule has 1 aliphatic heterocycles. The minimum atomic E-state index is -4.83. The SMILES string of the molecule is CCC(CC)COC(=O)[C@H](C)NP(=O)(OC[C@H]1O[C@@](/C=N\C)(c2ccc3c(=N)n(COP(=O)(O)O)cnn23)[C@H](O)[C@@H]1O)Oc1ccccc1. The van der Waals surface area contributed by atoms with E-state index in [4.69, 9.17) is 33.7 Å². The van der Waals surface area contributed by atoms with E-state index in [-0.39, 0.29) is 35.0 Å². The average molecular weight is 729 g/mol. The fraction of sp³-hybridized carbons (Fsp3) is 0.517. The van der Waals surface area contributed by atoms with Crippen LogP contribution in [-0.2, 0) is 44.8 Å². The van der Waals surface area contributed by atoms with Crippen LogP contribution in [0.3, 0.4) is 0 Å². The standard InChI is InChI=1S/C29H42N6O12P2/c1-5-20(6-2)14-43-28(38)19(3)33-48(39,47-21-10-8-7-9-11-21)44-15-23-25(36)26(37)29(46-23,16-31-4)24-13-12-22-27(30)34(17-32-35(22)24)18-45-49(40,41)42/h7-13,16-17,19-20,23,25-26,30,36-37H,5-6,14-15,18H2,1-4H3,(H,33,39)(H2,40,41,42)/b30-27?,31-16-/t19-,23+,25+,26+,29-,48?/m0/s1. The molecule has 3 heterocycles. The molecule has 2 aromatic heterocycles. The van der Waals surface area contributed by atoms with Gasteiger partial charge in [0.1, 0.15) is 48.7 Å². The molecule has 270 valence electrons. The highest BCUT2D eigenvalue weighted by atomic mass is 31.2. The Kier molecular flexibility index (Phi) is 12.7. The number of carbonyl (C=O) groups excluding carboxylic acids is 1. The maximum absolute atomic E-state index is 14.1. The molecule has 20 heteroatoms. The lowest BCUT2D eigenvalue weighted by Crippen LogP contribution is -2.43. The average Bonchev–Trinajstić information content (AvgIpc) is 3.60. The molecule has 49 heavy (non-hydrogen) atoms. The van der Waals surface area contributed by atoms with Gasteiger partial charge < -0.3 is 34.0 Å². The molecule has 0 aliphatic carbocycles. The lowest BCUT2D eigenvalue weighted by Gasteiger charge is -2.28. The minimum Gasteiger partial charge on any atom is -0.464 e. The second kappa shape index (κ2) is 16.2. The van der Waals surface area contributed by atoms with Gasteiger partial charge in [-0.1, -0.05) is 44.9 Å². The van der Waals surface area contributed by atoms with Crippen molar-refractivity contribution < 1.29 is 57.0 Å². The molecule has 18 nitrogen and oxygen atoms in total. The largest absolute Gasteiger partial charge is 0.471 e. The van der Waals surface area contributed by atoms with Gasteiger partial charge >= 0.3 is 21.5 Å². The third kappa shape index (κ3) is 9.10. The number of ether oxygens (including phenoxy) is 2. The van der Waals surface area contributed by atoms with E-state index in [1.807, 2.05) is 13.8 Å². The molecule has 0 amide bonds. The summed E-state index contributed by atoms with van der Waals surface area (Å²) < 4.78 is 55.0. The summed E-state index contributed by atoms with van der Waals surface area (Å²) in [4.78, 5) is 34.9. The number of esters is 1. The normalized spacial score (nSPS) is 23.2. The Bertz CT molecular complexity index is 1760. The third-order valence-electron chi connectivity index (χ3n) is 7.97. The van der Waals surface area contributed by atoms with Crippen LogP contribution < -0.4 is 15.1 Å². The summed E-state index contributed by atoms with van der Waals surface area (Å²) in [5, 5.41) is 37.8. The number of nitrogens with one attached hydrogen (secondary N) is 2. The highest BCUT2D eigenvalue weighted by molar-refractivity contribution is 7.52. The van der Waals surface area contributed by atoms with Crippen molar-refractivity contribution in [3.63, 3.8) is 0 Å². The fourth-order valence-corrected chi connectivity index (χ4v) is 6.94. The van der Waals surface area contributed by atoms with Crippen molar-refractivity contribution in [3.8, 4) is 5.75 Å². The van der Waals surface area contributed by atoms with E-state index < -0.39 is 64.8 Å². The maximum Gasteiger partial charge on any atom is 0.471 e. The number of fused-ring (bicyclic) bond motifs is 1. The number of aliphatic hydroxyl groups is 2. The number of aromatic nitrogens is 3. The molecule has 0 saturated carbocycles. The smallest absolute Gasteiger partial charge is 0.464 e. The zero-order valence-electron chi connectivity index (χ0n) is 27.4. The Balaban J connectivity index is 1.58. The number of hydrogen-bond acceptors (Lipinski definition) is 13. The van der Waals surface area contributed by atoms with E-state index in [2.05, 4.69) is 19.7 Å². The molecule has 3 aromatic rings. The molecular weight excluding hydrogens is 686 g/mol. The summed E-state index contributed by atoms with van der Waals surface area (Å²) in [6, 6.07) is 9.89. The first-order valence-electron chi connectivity index (χ1n) is 15.4. The summed E-state index contributed by atoms with van der Waals surface area (Å²) in [7, 11) is -7.79. The van der Waals surface area contributed by atoms with Crippen molar-refractivity contribution in [1.82, 2.24) is 19.3 Å². The van der Waals surface area contributed by atoms with Gasteiger partial charge in [-0.25, -0.2) is 13.6 Å². The number of phosphoric acid groups is 1. The quantitative estimate of drug-likeness (QED) is 0.0660. The Labute approximate surface area is 282 Å². The number of carbonyl (C=O) groups is 1. The Morgan fingerprint density at radius 2 is 1.86 bits per heavy atom. The number of benzene rings is 1. The number of aliphatic hydroxyl groups excluding tert-OH is 2. The second-order valence-corrected chi connectivity index (χ2v) is 14.3. The van der Waals surface area contributed by atoms with Crippen molar-refractivity contribution in [2.45, 2.75) is 70.3 Å². The van der Waals surface area contributed by atoms with Crippen molar-refractivity contribution in [2.75, 3.05) is 20.3 Å². The summed E-state index contributed by atoms with van der Waals surface area (Å²) in [5.41, 5.74) is -1.83. The van der Waals surface area contributed by atoms with E-state index in [9.17, 15) is 24.1 Å². The maximum atomic E-state index is 14.1. The highest BCUT2D eigenvalue weighted by Gasteiger charge is 2.56. The van der Waals surface area contributed by atoms with E-state index >= 15 is 0 Å². The molecule has 1 fully saturated rings. The number of para-hydroxylation sites is 1. The van der Waals surface area contributed by atoms with Crippen LogP contribution in [0.1, 0.15) is 39.3 Å². The highest BCUT2D eigenvalue weighted by Crippen LogP contribution is 2.47. The second-order valence-electron chi connectivity index (χ2n) is 11.3. The first-order chi connectivity index (χ1) is 23.2.